The van der Waals surface area contributed by atoms with Crippen molar-refractivity contribution in [1.82, 2.24) is 9.80 Å². The topological polar surface area (TPSA) is 53.8 Å². The quantitative estimate of drug-likeness (QED) is 0.833. The van der Waals surface area contributed by atoms with Gasteiger partial charge in [0, 0.05) is 37.2 Å². The Kier molecular flexibility index (Phi) is 4.31. The van der Waals surface area contributed by atoms with Gasteiger partial charge in [-0.25, -0.2) is 0 Å². The van der Waals surface area contributed by atoms with Gasteiger partial charge in [-0.3, -0.25) is 9.59 Å². The summed E-state index contributed by atoms with van der Waals surface area (Å²) in [7, 11) is 0. The molecule has 2 aliphatic heterocycles. The summed E-state index contributed by atoms with van der Waals surface area (Å²) in [6.07, 6.45) is 4.52. The van der Waals surface area contributed by atoms with Crippen molar-refractivity contribution in [3.63, 3.8) is 0 Å². The molecule has 2 saturated heterocycles. The molecule has 0 radical (unpaired) electrons. The number of benzene rings is 1. The van der Waals surface area contributed by atoms with Gasteiger partial charge in [-0.15, -0.1) is 0 Å². The third-order valence-corrected chi connectivity index (χ3v) is 5.78. The molecule has 1 aromatic heterocycles. The average molecular weight is 352 g/mol. The Hall–Kier alpha value is -2.56. The minimum atomic E-state index is -0.0437. The zero-order chi connectivity index (χ0) is 18.1. The molecule has 136 valence electrons. The number of carbonyl (C=O) groups excluding carboxylic acids is 2. The summed E-state index contributed by atoms with van der Waals surface area (Å²) in [5, 5.41) is 0. The average Bonchev–Trinajstić information content (AvgIpc) is 3.32. The van der Waals surface area contributed by atoms with Gasteiger partial charge in [-0.2, -0.15) is 0 Å². The molecule has 1 spiro atoms. The second kappa shape index (κ2) is 6.63. The lowest BCUT2D eigenvalue weighted by Gasteiger charge is -2.40. The van der Waals surface area contributed by atoms with Crippen LogP contribution in [0.2, 0.25) is 0 Å². The number of piperidine rings is 1. The van der Waals surface area contributed by atoms with E-state index >= 15 is 0 Å². The molecule has 1 atom stereocenters. The molecule has 0 bridgehead atoms. The van der Waals surface area contributed by atoms with E-state index in [1.807, 2.05) is 41.0 Å². The van der Waals surface area contributed by atoms with Gasteiger partial charge in [-0.05, 0) is 49.9 Å². The van der Waals surface area contributed by atoms with Crippen LogP contribution in [0.15, 0.2) is 47.1 Å². The third-order valence-electron chi connectivity index (χ3n) is 5.78. The van der Waals surface area contributed by atoms with E-state index in [4.69, 9.17) is 4.42 Å². The first-order valence-electron chi connectivity index (χ1n) is 9.26. The molecule has 2 amide bonds. The van der Waals surface area contributed by atoms with Crippen LogP contribution in [0.1, 0.15) is 45.7 Å². The first-order chi connectivity index (χ1) is 12.6. The van der Waals surface area contributed by atoms with Crippen molar-refractivity contribution in [1.29, 1.82) is 0 Å². The second-order valence-corrected chi connectivity index (χ2v) is 7.60. The highest BCUT2D eigenvalue weighted by Gasteiger charge is 2.44. The fourth-order valence-corrected chi connectivity index (χ4v) is 4.36. The van der Waals surface area contributed by atoms with Crippen LogP contribution in [0.5, 0.6) is 0 Å². The molecule has 0 N–H and O–H groups in total. The zero-order valence-corrected chi connectivity index (χ0v) is 15.1. The molecule has 0 saturated carbocycles. The Balaban J connectivity index is 1.47. The Morgan fingerprint density at radius 2 is 1.73 bits per heavy atom. The van der Waals surface area contributed by atoms with Crippen molar-refractivity contribution < 1.29 is 14.0 Å². The van der Waals surface area contributed by atoms with Crippen molar-refractivity contribution in [3.05, 3.63) is 59.5 Å². The van der Waals surface area contributed by atoms with E-state index in [0.29, 0.717) is 12.3 Å². The van der Waals surface area contributed by atoms with Crippen LogP contribution in [-0.2, 0) is 0 Å². The number of hydrogen-bond donors (Lipinski definition) is 0. The molecule has 0 aliphatic carbocycles. The zero-order valence-electron chi connectivity index (χ0n) is 15.1. The summed E-state index contributed by atoms with van der Waals surface area (Å²) in [4.78, 5) is 29.4. The van der Waals surface area contributed by atoms with E-state index in [0.717, 1.165) is 50.0 Å². The van der Waals surface area contributed by atoms with Crippen molar-refractivity contribution in [2.75, 3.05) is 26.2 Å². The largest absolute Gasteiger partial charge is 0.459 e. The number of hydrogen-bond acceptors (Lipinski definition) is 3. The number of amides is 2. The summed E-state index contributed by atoms with van der Waals surface area (Å²) >= 11 is 0. The maximum Gasteiger partial charge on any atom is 0.289 e. The number of nitrogens with zero attached hydrogens (tertiary/aromatic N) is 2. The van der Waals surface area contributed by atoms with Gasteiger partial charge in [0.25, 0.3) is 11.8 Å². The molecule has 3 heterocycles. The van der Waals surface area contributed by atoms with Crippen molar-refractivity contribution >= 4 is 11.8 Å². The van der Waals surface area contributed by atoms with Gasteiger partial charge in [0.15, 0.2) is 5.76 Å². The molecule has 2 fully saturated rings. The molecule has 5 heteroatoms. The van der Waals surface area contributed by atoms with Crippen molar-refractivity contribution in [2.24, 2.45) is 5.41 Å². The van der Waals surface area contributed by atoms with Gasteiger partial charge in [0.2, 0.25) is 0 Å². The van der Waals surface area contributed by atoms with E-state index in [-0.39, 0.29) is 17.2 Å². The van der Waals surface area contributed by atoms with Crippen LogP contribution in [-0.4, -0.2) is 47.8 Å². The van der Waals surface area contributed by atoms with E-state index in [9.17, 15) is 9.59 Å². The molecule has 2 aromatic rings. The monoisotopic (exact) mass is 352 g/mol. The maximum absolute atomic E-state index is 12.9. The number of likely N-dealkylation sites (tertiary alicyclic amines) is 2. The van der Waals surface area contributed by atoms with Crippen molar-refractivity contribution in [3.8, 4) is 0 Å². The minimum absolute atomic E-state index is 0.0127. The molecule has 1 unspecified atom stereocenters. The van der Waals surface area contributed by atoms with Gasteiger partial charge in [-0.1, -0.05) is 18.2 Å². The van der Waals surface area contributed by atoms with E-state index in [1.54, 1.807) is 12.1 Å². The van der Waals surface area contributed by atoms with Crippen LogP contribution in [0, 0.1) is 12.3 Å². The predicted octanol–water partition coefficient (Wildman–Crippen LogP) is 3.36. The normalized spacial score (nSPS) is 22.8. The van der Waals surface area contributed by atoms with Gasteiger partial charge in [0.1, 0.15) is 0 Å². The smallest absolute Gasteiger partial charge is 0.289 e. The number of rotatable bonds is 2. The fraction of sp³-hybridized carbons (Fsp3) is 0.429. The molecule has 5 nitrogen and oxygen atoms in total. The lowest BCUT2D eigenvalue weighted by atomic mass is 9.79. The summed E-state index contributed by atoms with van der Waals surface area (Å²) in [5.41, 5.74) is 1.80. The Morgan fingerprint density at radius 1 is 0.962 bits per heavy atom. The first-order valence-corrected chi connectivity index (χ1v) is 9.26. The van der Waals surface area contributed by atoms with Gasteiger partial charge >= 0.3 is 0 Å². The maximum atomic E-state index is 12.9. The molecule has 4 rings (SSSR count). The minimum Gasteiger partial charge on any atom is -0.459 e. The lowest BCUT2D eigenvalue weighted by molar-refractivity contribution is 0.0489. The molecule has 26 heavy (non-hydrogen) atoms. The summed E-state index contributed by atoms with van der Waals surface area (Å²) in [5.74, 6) is 0.458. The number of furan rings is 1. The Labute approximate surface area is 153 Å². The molecule has 2 aliphatic rings. The van der Waals surface area contributed by atoms with Crippen LogP contribution in [0.4, 0.5) is 0 Å². The van der Waals surface area contributed by atoms with Crippen LogP contribution in [0.3, 0.4) is 0 Å². The first kappa shape index (κ1) is 16.9. The van der Waals surface area contributed by atoms with Crippen LogP contribution >= 0.6 is 0 Å². The second-order valence-electron chi connectivity index (χ2n) is 7.60. The fourth-order valence-electron chi connectivity index (χ4n) is 4.36. The van der Waals surface area contributed by atoms with E-state index < -0.39 is 0 Å². The highest BCUT2D eigenvalue weighted by molar-refractivity contribution is 5.96. The third kappa shape index (κ3) is 3.02. The highest BCUT2D eigenvalue weighted by Crippen LogP contribution is 2.40. The Bertz CT molecular complexity index is 814. The van der Waals surface area contributed by atoms with Crippen LogP contribution in [0.25, 0.3) is 0 Å². The summed E-state index contributed by atoms with van der Waals surface area (Å²) < 4.78 is 5.27. The molecule has 1 aromatic carbocycles. The number of carbonyl (C=O) groups is 2. The lowest BCUT2D eigenvalue weighted by Crippen LogP contribution is -2.47. The summed E-state index contributed by atoms with van der Waals surface area (Å²) in [6, 6.07) is 11.2. The van der Waals surface area contributed by atoms with Gasteiger partial charge < -0.3 is 14.2 Å². The Morgan fingerprint density at radius 3 is 2.46 bits per heavy atom. The molecular weight excluding hydrogens is 328 g/mol. The highest BCUT2D eigenvalue weighted by atomic mass is 16.3. The summed E-state index contributed by atoms with van der Waals surface area (Å²) in [6.45, 7) is 4.92. The predicted molar refractivity (Wildman–Crippen MR) is 98.0 cm³/mol. The SMILES string of the molecule is Cc1ccccc1C(=O)N1CCC2(CCCN(C(=O)c3ccco3)C2)C1. The van der Waals surface area contributed by atoms with E-state index in [1.165, 1.54) is 6.26 Å². The van der Waals surface area contributed by atoms with Crippen molar-refractivity contribution in [2.45, 2.75) is 26.2 Å². The van der Waals surface area contributed by atoms with Crippen LogP contribution < -0.4 is 0 Å². The number of aryl methyl sites for hydroxylation is 1. The molecular formula is C21H24N2O3. The van der Waals surface area contributed by atoms with E-state index in [2.05, 4.69) is 0 Å². The standard InChI is InChI=1S/C21H24N2O3/c1-16-6-2-3-7-17(16)19(24)23-12-10-21(15-23)9-5-11-22(14-21)20(25)18-8-4-13-26-18/h2-4,6-8,13H,5,9-12,14-15H2,1H3. The van der Waals surface area contributed by atoms with Gasteiger partial charge in [0.05, 0.1) is 6.26 Å².